The molecule has 1 heterocycles. The number of hydrogen-bond donors (Lipinski definition) is 0. The van der Waals surface area contributed by atoms with Crippen molar-refractivity contribution >= 4 is 12.6 Å². The zero-order valence-electron chi connectivity index (χ0n) is 20.3. The van der Waals surface area contributed by atoms with E-state index in [-0.39, 0.29) is 62.7 Å². The summed E-state index contributed by atoms with van der Waals surface area (Å²) in [6.07, 6.45) is -1.85. The first-order chi connectivity index (χ1) is 16.7. The summed E-state index contributed by atoms with van der Waals surface area (Å²) < 4.78 is 30.5. The molecule has 4 rings (SSSR count). The molecule has 1 aliphatic rings. The van der Waals surface area contributed by atoms with Crippen LogP contribution in [-0.4, -0.2) is 43.6 Å². The summed E-state index contributed by atoms with van der Waals surface area (Å²) >= 11 is 5.92. The second-order valence-corrected chi connectivity index (χ2v) is 8.81. The Bertz CT molecular complexity index is 963. The molecule has 35 heavy (non-hydrogen) atoms. The largest absolute Gasteiger partial charge is 1.00 e. The number of rotatable bonds is 11. The second kappa shape index (κ2) is 15.6. The van der Waals surface area contributed by atoms with Crippen molar-refractivity contribution < 1.29 is 75.1 Å². The van der Waals surface area contributed by atoms with Crippen molar-refractivity contribution in [1.82, 2.24) is 0 Å². The van der Waals surface area contributed by atoms with Crippen molar-refractivity contribution in [2.24, 2.45) is 0 Å². The van der Waals surface area contributed by atoms with Crippen molar-refractivity contribution in [3.05, 3.63) is 108 Å². The molecule has 1 aliphatic heterocycles. The average Bonchev–Trinajstić information content (AvgIpc) is 2.89. The summed E-state index contributed by atoms with van der Waals surface area (Å²) in [6, 6.07) is 30.1. The SMILES string of the molecule is CO[C@H]1O[C@H](COCc2ccccc2)[C@H]([S-])[C@H](OCc2ccccc2)[C@H]1OCc1ccccc1.[K+]. The molecule has 3 aromatic rings. The van der Waals surface area contributed by atoms with Crippen LogP contribution in [0.25, 0.3) is 0 Å². The Balaban J connectivity index is 0.00000342. The molecule has 0 saturated carbocycles. The van der Waals surface area contributed by atoms with Crippen LogP contribution < -0.4 is 51.4 Å². The van der Waals surface area contributed by atoms with Crippen LogP contribution in [0.4, 0.5) is 0 Å². The quantitative estimate of drug-likeness (QED) is 0.284. The number of ether oxygens (including phenoxy) is 5. The first-order valence-electron chi connectivity index (χ1n) is 11.5. The van der Waals surface area contributed by atoms with Crippen LogP contribution in [0, 0.1) is 0 Å². The van der Waals surface area contributed by atoms with Crippen molar-refractivity contribution in [2.75, 3.05) is 13.7 Å². The minimum absolute atomic E-state index is 0. The summed E-state index contributed by atoms with van der Waals surface area (Å²) in [6.45, 7) is 1.68. The summed E-state index contributed by atoms with van der Waals surface area (Å²) in [7, 11) is 1.61. The molecule has 0 radical (unpaired) electrons. The van der Waals surface area contributed by atoms with Gasteiger partial charge in [-0.25, -0.2) is 0 Å². The number of hydrogen-bond acceptors (Lipinski definition) is 6. The summed E-state index contributed by atoms with van der Waals surface area (Å²) in [5.41, 5.74) is 3.24. The van der Waals surface area contributed by atoms with Crippen molar-refractivity contribution in [3.8, 4) is 0 Å². The Kier molecular flexibility index (Phi) is 13.0. The van der Waals surface area contributed by atoms with Gasteiger partial charge in [0, 0.05) is 7.11 Å². The third kappa shape index (κ3) is 8.76. The van der Waals surface area contributed by atoms with Crippen LogP contribution in [0.2, 0.25) is 0 Å². The first kappa shape index (κ1) is 29.0. The van der Waals surface area contributed by atoms with E-state index in [9.17, 15) is 0 Å². The number of benzene rings is 3. The van der Waals surface area contributed by atoms with Gasteiger partial charge in [0.2, 0.25) is 0 Å². The van der Waals surface area contributed by atoms with E-state index in [1.165, 1.54) is 0 Å². The molecule has 5 atom stereocenters. The molecule has 1 saturated heterocycles. The van der Waals surface area contributed by atoms with E-state index < -0.39 is 18.5 Å². The molecule has 0 bridgehead atoms. The molecule has 5 nitrogen and oxygen atoms in total. The van der Waals surface area contributed by atoms with E-state index >= 15 is 0 Å². The molecular weight excluding hydrogens is 487 g/mol. The topological polar surface area (TPSA) is 46.2 Å². The zero-order valence-corrected chi connectivity index (χ0v) is 24.3. The maximum absolute atomic E-state index is 6.36. The fourth-order valence-electron chi connectivity index (χ4n) is 3.97. The van der Waals surface area contributed by atoms with Gasteiger partial charge in [0.05, 0.1) is 38.6 Å². The Labute approximate surface area is 256 Å². The van der Waals surface area contributed by atoms with Gasteiger partial charge in [-0.3, -0.25) is 0 Å². The molecule has 0 amide bonds. The van der Waals surface area contributed by atoms with Gasteiger partial charge in [-0.1, -0.05) is 91.0 Å². The van der Waals surface area contributed by atoms with Gasteiger partial charge in [-0.05, 0) is 16.7 Å². The van der Waals surface area contributed by atoms with Gasteiger partial charge in [0.25, 0.3) is 0 Å². The fourth-order valence-corrected chi connectivity index (χ4v) is 4.34. The Morgan fingerprint density at radius 1 is 0.686 bits per heavy atom. The third-order valence-corrected chi connectivity index (χ3v) is 6.36. The monoisotopic (exact) mass is 518 g/mol. The molecule has 0 aliphatic carbocycles. The molecule has 180 valence electrons. The average molecular weight is 519 g/mol. The smallest absolute Gasteiger partial charge is 0.784 e. The van der Waals surface area contributed by atoms with E-state index in [1.807, 2.05) is 91.0 Å². The van der Waals surface area contributed by atoms with Crippen molar-refractivity contribution in [3.63, 3.8) is 0 Å². The summed E-state index contributed by atoms with van der Waals surface area (Å²) in [4.78, 5) is 0. The maximum atomic E-state index is 6.36. The number of methoxy groups -OCH3 is 1. The van der Waals surface area contributed by atoms with E-state index in [4.69, 9.17) is 36.3 Å². The predicted molar refractivity (Wildman–Crippen MR) is 133 cm³/mol. The molecule has 0 spiro atoms. The minimum atomic E-state index is -0.617. The maximum Gasteiger partial charge on any atom is 1.00 e. The fraction of sp³-hybridized carbons (Fsp3) is 0.357. The van der Waals surface area contributed by atoms with E-state index in [2.05, 4.69) is 0 Å². The van der Waals surface area contributed by atoms with E-state index in [0.717, 1.165) is 16.7 Å². The van der Waals surface area contributed by atoms with Gasteiger partial charge >= 0.3 is 51.4 Å². The van der Waals surface area contributed by atoms with Gasteiger partial charge in [0.15, 0.2) is 6.29 Å². The zero-order chi connectivity index (χ0) is 23.6. The Hall–Kier alpha value is -0.554. The standard InChI is InChI=1S/C28H32O5S.K/c1-29-28-26(32-19-23-15-9-4-10-16-23)25(31-18-22-13-7-3-8-14-22)27(34)24(33-28)20-30-17-21-11-5-2-6-12-21;/h2-16,24-28,34H,17-20H2,1H3;/q;+1/p-1/t24-,25-,26-,27+,28+;/m1./s1. The molecule has 0 N–H and O–H groups in total. The van der Waals surface area contributed by atoms with E-state index in [0.29, 0.717) is 26.4 Å². The second-order valence-electron chi connectivity index (χ2n) is 8.27. The minimum Gasteiger partial charge on any atom is -0.784 e. The normalized spacial score (nSPS) is 24.0. The van der Waals surface area contributed by atoms with Gasteiger partial charge < -0.3 is 36.3 Å². The van der Waals surface area contributed by atoms with Gasteiger partial charge in [0.1, 0.15) is 6.10 Å². The Morgan fingerprint density at radius 3 is 1.63 bits per heavy atom. The van der Waals surface area contributed by atoms with Crippen LogP contribution in [-0.2, 0) is 56.1 Å². The summed E-state index contributed by atoms with van der Waals surface area (Å²) in [5, 5.41) is -0.369. The predicted octanol–water partition coefficient (Wildman–Crippen LogP) is 1.66. The van der Waals surface area contributed by atoms with Crippen LogP contribution in [0.15, 0.2) is 91.0 Å². The van der Waals surface area contributed by atoms with Crippen LogP contribution >= 0.6 is 0 Å². The van der Waals surface area contributed by atoms with Gasteiger partial charge in [-0.15, -0.1) is 5.25 Å². The van der Waals surface area contributed by atoms with Crippen molar-refractivity contribution in [2.45, 2.75) is 49.7 Å². The molecule has 1 fully saturated rings. The molecule has 7 heteroatoms. The van der Waals surface area contributed by atoms with Crippen molar-refractivity contribution in [1.29, 1.82) is 0 Å². The third-order valence-electron chi connectivity index (χ3n) is 5.79. The van der Waals surface area contributed by atoms with Crippen LogP contribution in [0.1, 0.15) is 16.7 Å². The van der Waals surface area contributed by atoms with Gasteiger partial charge in [-0.2, -0.15) is 0 Å². The first-order valence-corrected chi connectivity index (χ1v) is 12.0. The van der Waals surface area contributed by atoms with E-state index in [1.54, 1.807) is 7.11 Å². The molecular formula is C28H31KO5S. The molecule has 0 aromatic heterocycles. The molecule has 3 aromatic carbocycles. The summed E-state index contributed by atoms with van der Waals surface area (Å²) in [5.74, 6) is 0. The van der Waals surface area contributed by atoms with Crippen LogP contribution in [0.3, 0.4) is 0 Å². The molecule has 0 unspecified atom stereocenters. The Morgan fingerprint density at radius 2 is 1.14 bits per heavy atom. The van der Waals surface area contributed by atoms with Crippen LogP contribution in [0.5, 0.6) is 0 Å².